The average Bonchev–Trinajstić information content (AvgIpc) is 2.46. The third kappa shape index (κ3) is 3.46. The summed E-state index contributed by atoms with van der Waals surface area (Å²) in [5.74, 6) is 0. The molecule has 2 rings (SSSR count). The van der Waals surface area contributed by atoms with Gasteiger partial charge in [-0.25, -0.2) is 0 Å². The maximum atomic E-state index is 6.23. The summed E-state index contributed by atoms with van der Waals surface area (Å²) in [6.07, 6.45) is 13.7. The zero-order chi connectivity index (χ0) is 10.5. The lowest BCUT2D eigenvalue weighted by atomic mass is 9.93. The van der Waals surface area contributed by atoms with Gasteiger partial charge in [0.1, 0.15) is 0 Å². The summed E-state index contributed by atoms with van der Waals surface area (Å²) < 4.78 is 0. The number of hydrogen-bond acceptors (Lipinski definition) is 2. The van der Waals surface area contributed by atoms with Gasteiger partial charge in [0.05, 0.1) is 0 Å². The molecular formula is C13H26N2. The fourth-order valence-electron chi connectivity index (χ4n) is 3.12. The van der Waals surface area contributed by atoms with Crippen molar-refractivity contribution in [2.45, 2.75) is 82.3 Å². The molecule has 2 aliphatic rings. The molecule has 15 heavy (non-hydrogen) atoms. The lowest BCUT2D eigenvalue weighted by molar-refractivity contribution is 0.303. The minimum Gasteiger partial charge on any atom is -0.326 e. The highest BCUT2D eigenvalue weighted by Crippen LogP contribution is 2.22. The first-order valence-electron chi connectivity index (χ1n) is 6.88. The first-order valence-corrected chi connectivity index (χ1v) is 6.88. The highest BCUT2D eigenvalue weighted by Gasteiger charge is 2.23. The van der Waals surface area contributed by atoms with Crippen LogP contribution in [0.1, 0.15) is 64.2 Å². The quantitative estimate of drug-likeness (QED) is 0.687. The summed E-state index contributed by atoms with van der Waals surface area (Å²) in [7, 11) is 0. The molecule has 0 aliphatic heterocycles. The summed E-state index contributed by atoms with van der Waals surface area (Å²) >= 11 is 0. The smallest absolute Gasteiger partial charge is 0.0221 e. The summed E-state index contributed by atoms with van der Waals surface area (Å²) in [6.45, 7) is 0. The molecule has 0 aromatic heterocycles. The largest absolute Gasteiger partial charge is 0.326 e. The van der Waals surface area contributed by atoms with E-state index in [0.717, 1.165) is 6.04 Å². The lowest BCUT2D eigenvalue weighted by Gasteiger charge is -2.30. The van der Waals surface area contributed by atoms with Crippen LogP contribution in [0.25, 0.3) is 0 Å². The van der Waals surface area contributed by atoms with Crippen LogP contribution in [0.4, 0.5) is 0 Å². The van der Waals surface area contributed by atoms with Gasteiger partial charge in [-0.05, 0) is 25.7 Å². The Labute approximate surface area is 94.0 Å². The second kappa shape index (κ2) is 5.86. The van der Waals surface area contributed by atoms with Crippen LogP contribution in [0.15, 0.2) is 0 Å². The first-order chi connectivity index (χ1) is 7.36. The van der Waals surface area contributed by atoms with E-state index in [1.54, 1.807) is 0 Å². The highest BCUT2D eigenvalue weighted by molar-refractivity contribution is 4.86. The Kier molecular flexibility index (Phi) is 4.45. The molecule has 3 N–H and O–H groups in total. The van der Waals surface area contributed by atoms with Gasteiger partial charge in [0.25, 0.3) is 0 Å². The van der Waals surface area contributed by atoms with Gasteiger partial charge in [0, 0.05) is 18.1 Å². The number of hydrogen-bond donors (Lipinski definition) is 2. The molecule has 0 amide bonds. The van der Waals surface area contributed by atoms with Crippen LogP contribution in [-0.2, 0) is 0 Å². The lowest BCUT2D eigenvalue weighted by Crippen LogP contribution is -2.49. The van der Waals surface area contributed by atoms with E-state index >= 15 is 0 Å². The van der Waals surface area contributed by atoms with Crippen LogP contribution in [0.2, 0.25) is 0 Å². The van der Waals surface area contributed by atoms with Crippen molar-refractivity contribution in [3.8, 4) is 0 Å². The van der Waals surface area contributed by atoms with E-state index in [-0.39, 0.29) is 0 Å². The van der Waals surface area contributed by atoms with Gasteiger partial charge in [-0.15, -0.1) is 0 Å². The standard InChI is InChI=1S/C13H26N2/c14-12-9-5-2-6-10-13(12)15-11-7-3-1-4-8-11/h11-13,15H,1-10,14H2. The second-order valence-corrected chi connectivity index (χ2v) is 5.41. The number of nitrogens with two attached hydrogens (primary N) is 1. The van der Waals surface area contributed by atoms with Gasteiger partial charge in [-0.1, -0.05) is 38.5 Å². The van der Waals surface area contributed by atoms with Crippen molar-refractivity contribution in [3.63, 3.8) is 0 Å². The Bertz CT molecular complexity index is 175. The molecule has 2 saturated carbocycles. The maximum Gasteiger partial charge on any atom is 0.0221 e. The van der Waals surface area contributed by atoms with Crippen LogP contribution >= 0.6 is 0 Å². The predicted octanol–water partition coefficient (Wildman–Crippen LogP) is 2.57. The summed E-state index contributed by atoms with van der Waals surface area (Å²) in [6, 6.07) is 1.79. The Morgan fingerprint density at radius 3 is 2.07 bits per heavy atom. The molecule has 2 nitrogen and oxygen atoms in total. The minimum atomic E-state index is 0.412. The van der Waals surface area contributed by atoms with Crippen molar-refractivity contribution >= 4 is 0 Å². The van der Waals surface area contributed by atoms with Gasteiger partial charge in [-0.3, -0.25) is 0 Å². The normalized spacial score (nSPS) is 35.0. The van der Waals surface area contributed by atoms with Gasteiger partial charge in [0.15, 0.2) is 0 Å². The molecule has 0 spiro atoms. The Balaban J connectivity index is 1.79. The molecule has 0 heterocycles. The van der Waals surface area contributed by atoms with Gasteiger partial charge < -0.3 is 11.1 Å². The molecule has 0 aromatic carbocycles. The van der Waals surface area contributed by atoms with Crippen LogP contribution in [0, 0.1) is 0 Å². The molecule has 0 aromatic rings. The second-order valence-electron chi connectivity index (χ2n) is 5.41. The SMILES string of the molecule is NC1CCCCCC1NC1CCCCC1. The van der Waals surface area contributed by atoms with Crippen LogP contribution < -0.4 is 11.1 Å². The van der Waals surface area contributed by atoms with Crippen molar-refractivity contribution in [1.29, 1.82) is 0 Å². The predicted molar refractivity (Wildman–Crippen MR) is 64.9 cm³/mol. The molecule has 2 atom stereocenters. The summed E-state index contributed by atoms with van der Waals surface area (Å²) in [5, 5.41) is 3.82. The van der Waals surface area contributed by atoms with Crippen LogP contribution in [0.3, 0.4) is 0 Å². The molecule has 0 saturated heterocycles. The zero-order valence-corrected chi connectivity index (χ0v) is 9.88. The van der Waals surface area contributed by atoms with Crippen LogP contribution in [-0.4, -0.2) is 18.1 Å². The van der Waals surface area contributed by atoms with E-state index in [2.05, 4.69) is 5.32 Å². The Morgan fingerprint density at radius 1 is 0.733 bits per heavy atom. The molecule has 2 fully saturated rings. The van der Waals surface area contributed by atoms with E-state index in [9.17, 15) is 0 Å². The fraction of sp³-hybridized carbons (Fsp3) is 1.00. The van der Waals surface area contributed by atoms with E-state index in [1.165, 1.54) is 64.2 Å². The van der Waals surface area contributed by atoms with Crippen molar-refractivity contribution in [2.24, 2.45) is 5.73 Å². The van der Waals surface area contributed by atoms with Gasteiger partial charge in [0.2, 0.25) is 0 Å². The molecule has 2 unspecified atom stereocenters. The molecule has 2 heteroatoms. The van der Waals surface area contributed by atoms with E-state index in [4.69, 9.17) is 5.73 Å². The van der Waals surface area contributed by atoms with Gasteiger partial charge in [-0.2, -0.15) is 0 Å². The van der Waals surface area contributed by atoms with Crippen LogP contribution in [0.5, 0.6) is 0 Å². The maximum absolute atomic E-state index is 6.23. The number of rotatable bonds is 2. The van der Waals surface area contributed by atoms with Crippen molar-refractivity contribution in [1.82, 2.24) is 5.32 Å². The molecular weight excluding hydrogens is 184 g/mol. The van der Waals surface area contributed by atoms with Gasteiger partial charge >= 0.3 is 0 Å². The van der Waals surface area contributed by atoms with E-state index in [0.29, 0.717) is 12.1 Å². The average molecular weight is 210 g/mol. The zero-order valence-electron chi connectivity index (χ0n) is 9.88. The molecule has 0 bridgehead atoms. The van der Waals surface area contributed by atoms with E-state index in [1.807, 2.05) is 0 Å². The Morgan fingerprint density at radius 2 is 1.33 bits per heavy atom. The Hall–Kier alpha value is -0.0800. The van der Waals surface area contributed by atoms with Crippen molar-refractivity contribution in [3.05, 3.63) is 0 Å². The highest BCUT2D eigenvalue weighted by atomic mass is 15.0. The molecule has 0 radical (unpaired) electrons. The topological polar surface area (TPSA) is 38.0 Å². The van der Waals surface area contributed by atoms with Crippen molar-refractivity contribution in [2.75, 3.05) is 0 Å². The number of nitrogens with one attached hydrogen (secondary N) is 1. The first kappa shape index (κ1) is 11.4. The summed E-state index contributed by atoms with van der Waals surface area (Å²) in [5.41, 5.74) is 6.23. The van der Waals surface area contributed by atoms with E-state index < -0.39 is 0 Å². The summed E-state index contributed by atoms with van der Waals surface area (Å²) in [4.78, 5) is 0. The third-order valence-electron chi connectivity index (χ3n) is 4.12. The fourth-order valence-corrected chi connectivity index (χ4v) is 3.12. The monoisotopic (exact) mass is 210 g/mol. The minimum absolute atomic E-state index is 0.412. The van der Waals surface area contributed by atoms with Crippen molar-refractivity contribution < 1.29 is 0 Å². The molecule has 2 aliphatic carbocycles. The third-order valence-corrected chi connectivity index (χ3v) is 4.12. The molecule has 88 valence electrons.